The van der Waals surface area contributed by atoms with E-state index in [9.17, 15) is 0 Å². The fourth-order valence-electron chi connectivity index (χ4n) is 1.59. The van der Waals surface area contributed by atoms with Gasteiger partial charge in [0, 0.05) is 19.1 Å². The average Bonchev–Trinajstić information content (AvgIpc) is 2.66. The van der Waals surface area contributed by atoms with Gasteiger partial charge in [-0.05, 0) is 27.4 Å². The van der Waals surface area contributed by atoms with E-state index in [-0.39, 0.29) is 0 Å². The summed E-state index contributed by atoms with van der Waals surface area (Å²) in [4.78, 5) is 6.55. The van der Waals surface area contributed by atoms with Crippen LogP contribution in [0.2, 0.25) is 0 Å². The SMILES string of the molecule is CCNCCN(C)Cc1ncnn1C(C)C. The summed E-state index contributed by atoms with van der Waals surface area (Å²) >= 11 is 0. The molecule has 1 N–H and O–H groups in total. The quantitative estimate of drug-likeness (QED) is 0.700. The number of aromatic nitrogens is 3. The molecule has 0 unspecified atom stereocenters. The van der Waals surface area contributed by atoms with Gasteiger partial charge in [0.1, 0.15) is 12.2 Å². The second-order valence-electron chi connectivity index (χ2n) is 4.31. The van der Waals surface area contributed by atoms with Crippen LogP contribution in [0.1, 0.15) is 32.6 Å². The number of nitrogens with one attached hydrogen (secondary N) is 1. The van der Waals surface area contributed by atoms with E-state index < -0.39 is 0 Å². The summed E-state index contributed by atoms with van der Waals surface area (Å²) in [5.74, 6) is 1.04. The zero-order valence-corrected chi connectivity index (χ0v) is 10.8. The fraction of sp³-hybridized carbons (Fsp3) is 0.818. The van der Waals surface area contributed by atoms with Gasteiger partial charge in [0.25, 0.3) is 0 Å². The van der Waals surface area contributed by atoms with Crippen LogP contribution in [-0.4, -0.2) is 46.3 Å². The van der Waals surface area contributed by atoms with E-state index in [2.05, 4.69) is 48.1 Å². The van der Waals surface area contributed by atoms with Crippen LogP contribution >= 0.6 is 0 Å². The second-order valence-corrected chi connectivity index (χ2v) is 4.31. The van der Waals surface area contributed by atoms with Crippen LogP contribution in [0.4, 0.5) is 0 Å². The highest BCUT2D eigenvalue weighted by molar-refractivity contribution is 4.86. The third-order valence-electron chi connectivity index (χ3n) is 2.47. The molecule has 0 fully saturated rings. The molecule has 0 spiro atoms. The topological polar surface area (TPSA) is 46.0 Å². The Hall–Kier alpha value is -0.940. The molecule has 0 saturated carbocycles. The number of hydrogen-bond acceptors (Lipinski definition) is 4. The van der Waals surface area contributed by atoms with Crippen molar-refractivity contribution in [3.63, 3.8) is 0 Å². The Morgan fingerprint density at radius 1 is 1.50 bits per heavy atom. The van der Waals surface area contributed by atoms with Crippen LogP contribution < -0.4 is 5.32 Å². The lowest BCUT2D eigenvalue weighted by Gasteiger charge is -2.17. The van der Waals surface area contributed by atoms with Crippen molar-refractivity contribution < 1.29 is 0 Å². The molecule has 5 heteroatoms. The van der Waals surface area contributed by atoms with E-state index in [1.165, 1.54) is 0 Å². The average molecular weight is 225 g/mol. The number of likely N-dealkylation sites (N-methyl/N-ethyl adjacent to an activating group) is 2. The van der Waals surface area contributed by atoms with E-state index in [0.29, 0.717) is 6.04 Å². The van der Waals surface area contributed by atoms with Crippen molar-refractivity contribution in [1.29, 1.82) is 0 Å². The minimum absolute atomic E-state index is 0.375. The normalized spacial score (nSPS) is 11.6. The molecule has 0 aliphatic carbocycles. The van der Waals surface area contributed by atoms with Gasteiger partial charge < -0.3 is 5.32 Å². The molecule has 16 heavy (non-hydrogen) atoms. The van der Waals surface area contributed by atoms with Crippen molar-refractivity contribution in [3.8, 4) is 0 Å². The summed E-state index contributed by atoms with van der Waals surface area (Å²) in [6.45, 7) is 10.3. The van der Waals surface area contributed by atoms with Crippen LogP contribution in [0.25, 0.3) is 0 Å². The Kier molecular flexibility index (Phi) is 5.42. The van der Waals surface area contributed by atoms with Gasteiger partial charge >= 0.3 is 0 Å². The molecule has 1 aromatic heterocycles. The van der Waals surface area contributed by atoms with Crippen LogP contribution in [0.15, 0.2) is 6.33 Å². The molecule has 0 atom stereocenters. The number of nitrogens with zero attached hydrogens (tertiary/aromatic N) is 4. The lowest BCUT2D eigenvalue weighted by atomic mass is 10.4. The Balaban J connectivity index is 2.43. The second kappa shape index (κ2) is 6.60. The molecule has 0 aromatic carbocycles. The molecule has 1 heterocycles. The lowest BCUT2D eigenvalue weighted by molar-refractivity contribution is 0.305. The lowest BCUT2D eigenvalue weighted by Crippen LogP contribution is -2.30. The molecular formula is C11H23N5. The third-order valence-corrected chi connectivity index (χ3v) is 2.47. The van der Waals surface area contributed by atoms with Crippen molar-refractivity contribution in [2.24, 2.45) is 0 Å². The molecule has 5 nitrogen and oxygen atoms in total. The fourth-order valence-corrected chi connectivity index (χ4v) is 1.59. The van der Waals surface area contributed by atoms with Crippen LogP contribution in [0.3, 0.4) is 0 Å². The maximum absolute atomic E-state index is 4.30. The standard InChI is InChI=1S/C11H23N5/c1-5-12-6-7-15(4)8-11-13-9-14-16(11)10(2)3/h9-10,12H,5-8H2,1-4H3. The van der Waals surface area contributed by atoms with Gasteiger partial charge in [0.15, 0.2) is 0 Å². The van der Waals surface area contributed by atoms with Crippen molar-refractivity contribution in [1.82, 2.24) is 25.0 Å². The third kappa shape index (κ3) is 3.90. The van der Waals surface area contributed by atoms with Crippen LogP contribution in [0, 0.1) is 0 Å². The molecule has 1 aromatic rings. The van der Waals surface area contributed by atoms with Gasteiger partial charge in [-0.15, -0.1) is 0 Å². The van der Waals surface area contributed by atoms with E-state index >= 15 is 0 Å². The zero-order valence-electron chi connectivity index (χ0n) is 10.8. The predicted molar refractivity (Wildman–Crippen MR) is 65.3 cm³/mol. The van der Waals surface area contributed by atoms with Crippen molar-refractivity contribution in [3.05, 3.63) is 12.2 Å². The summed E-state index contributed by atoms with van der Waals surface area (Å²) < 4.78 is 1.98. The summed E-state index contributed by atoms with van der Waals surface area (Å²) in [6, 6.07) is 0.375. The van der Waals surface area contributed by atoms with Crippen molar-refractivity contribution >= 4 is 0 Å². The largest absolute Gasteiger partial charge is 0.316 e. The molecule has 0 saturated heterocycles. The molecule has 1 rings (SSSR count). The Morgan fingerprint density at radius 3 is 2.88 bits per heavy atom. The molecular weight excluding hydrogens is 202 g/mol. The highest BCUT2D eigenvalue weighted by Crippen LogP contribution is 2.06. The Bertz CT molecular complexity index is 294. The molecule has 0 aliphatic heterocycles. The zero-order chi connectivity index (χ0) is 12.0. The Morgan fingerprint density at radius 2 is 2.25 bits per heavy atom. The molecule has 0 radical (unpaired) electrons. The van der Waals surface area contributed by atoms with E-state index in [0.717, 1.165) is 32.0 Å². The van der Waals surface area contributed by atoms with Crippen molar-refractivity contribution in [2.75, 3.05) is 26.7 Å². The van der Waals surface area contributed by atoms with Gasteiger partial charge in [-0.3, -0.25) is 4.90 Å². The van der Waals surface area contributed by atoms with E-state index in [1.807, 2.05) is 4.68 Å². The van der Waals surface area contributed by atoms with Gasteiger partial charge in [-0.25, -0.2) is 9.67 Å². The van der Waals surface area contributed by atoms with Gasteiger partial charge in [-0.2, -0.15) is 5.10 Å². The predicted octanol–water partition coefficient (Wildman–Crippen LogP) is 0.900. The molecule has 0 bridgehead atoms. The summed E-state index contributed by atoms with van der Waals surface area (Å²) in [6.07, 6.45) is 1.63. The Labute approximate surface area is 97.9 Å². The summed E-state index contributed by atoms with van der Waals surface area (Å²) in [5, 5.41) is 7.54. The summed E-state index contributed by atoms with van der Waals surface area (Å²) in [7, 11) is 2.11. The first kappa shape index (κ1) is 13.1. The minimum Gasteiger partial charge on any atom is -0.316 e. The van der Waals surface area contributed by atoms with E-state index in [1.54, 1.807) is 6.33 Å². The maximum Gasteiger partial charge on any atom is 0.141 e. The van der Waals surface area contributed by atoms with Gasteiger partial charge in [0.05, 0.1) is 6.54 Å². The smallest absolute Gasteiger partial charge is 0.141 e. The van der Waals surface area contributed by atoms with Crippen LogP contribution in [0.5, 0.6) is 0 Å². The maximum atomic E-state index is 4.30. The van der Waals surface area contributed by atoms with Gasteiger partial charge in [-0.1, -0.05) is 6.92 Å². The number of hydrogen-bond donors (Lipinski definition) is 1. The molecule has 0 aliphatic rings. The highest BCUT2D eigenvalue weighted by atomic mass is 15.4. The number of rotatable bonds is 7. The summed E-state index contributed by atoms with van der Waals surface area (Å²) in [5.41, 5.74) is 0. The first-order chi connectivity index (χ1) is 7.65. The molecule has 92 valence electrons. The van der Waals surface area contributed by atoms with Crippen LogP contribution in [-0.2, 0) is 6.54 Å². The van der Waals surface area contributed by atoms with Gasteiger partial charge in [0.2, 0.25) is 0 Å². The first-order valence-corrected chi connectivity index (χ1v) is 5.92. The minimum atomic E-state index is 0.375. The highest BCUT2D eigenvalue weighted by Gasteiger charge is 2.09. The molecule has 0 amide bonds. The van der Waals surface area contributed by atoms with E-state index in [4.69, 9.17) is 0 Å². The monoisotopic (exact) mass is 225 g/mol. The van der Waals surface area contributed by atoms with Crippen molar-refractivity contribution in [2.45, 2.75) is 33.4 Å². The first-order valence-electron chi connectivity index (χ1n) is 5.92.